The molecule has 2 aromatic rings. The van der Waals surface area contributed by atoms with Crippen LogP contribution in [0.3, 0.4) is 0 Å². The van der Waals surface area contributed by atoms with Crippen molar-refractivity contribution in [3.63, 3.8) is 0 Å². The Morgan fingerprint density at radius 2 is 1.80 bits per heavy atom. The molecule has 0 amide bonds. The van der Waals surface area contributed by atoms with Crippen LogP contribution in [0.1, 0.15) is 17.2 Å². The molecule has 0 bridgehead atoms. The van der Waals surface area contributed by atoms with Gasteiger partial charge in [0.1, 0.15) is 17.7 Å². The number of aromatic amines is 1. The molecule has 0 aliphatic rings. The molecule has 1 atom stereocenters. The summed E-state index contributed by atoms with van der Waals surface area (Å²) < 4.78 is 25.7. The summed E-state index contributed by atoms with van der Waals surface area (Å²) in [4.78, 5) is 0. The molecule has 15 heavy (non-hydrogen) atoms. The number of rotatable bonds is 2. The standard InChI is InChI=1S/C10H8F2N2O/c11-8-1-6(2-9(12)3-8)10(15)7-4-13-14-5-7/h1-5,10,15H,(H,13,14). The molecule has 2 N–H and O–H groups in total. The summed E-state index contributed by atoms with van der Waals surface area (Å²) in [6, 6.07) is 2.92. The first kappa shape index (κ1) is 9.79. The summed E-state index contributed by atoms with van der Waals surface area (Å²) in [5, 5.41) is 15.9. The molecule has 0 radical (unpaired) electrons. The number of hydrogen-bond acceptors (Lipinski definition) is 2. The normalized spacial score (nSPS) is 12.7. The largest absolute Gasteiger partial charge is 0.384 e. The van der Waals surface area contributed by atoms with Crippen molar-refractivity contribution in [3.05, 3.63) is 53.4 Å². The Balaban J connectivity index is 2.37. The highest BCUT2D eigenvalue weighted by Crippen LogP contribution is 2.22. The van der Waals surface area contributed by atoms with Crippen LogP contribution in [-0.2, 0) is 0 Å². The number of aliphatic hydroxyl groups excluding tert-OH is 1. The van der Waals surface area contributed by atoms with Gasteiger partial charge in [0, 0.05) is 17.8 Å². The Morgan fingerprint density at radius 3 is 2.33 bits per heavy atom. The van der Waals surface area contributed by atoms with Crippen LogP contribution >= 0.6 is 0 Å². The number of aliphatic hydroxyl groups is 1. The zero-order chi connectivity index (χ0) is 10.8. The van der Waals surface area contributed by atoms with Gasteiger partial charge in [-0.2, -0.15) is 5.10 Å². The van der Waals surface area contributed by atoms with Crippen molar-refractivity contribution in [1.29, 1.82) is 0 Å². The fraction of sp³-hybridized carbons (Fsp3) is 0.100. The first-order valence-electron chi connectivity index (χ1n) is 4.29. The fourth-order valence-electron chi connectivity index (χ4n) is 1.34. The molecule has 0 saturated heterocycles. The van der Waals surface area contributed by atoms with Gasteiger partial charge in [-0.25, -0.2) is 8.78 Å². The van der Waals surface area contributed by atoms with E-state index in [1.807, 2.05) is 0 Å². The highest BCUT2D eigenvalue weighted by molar-refractivity contribution is 5.27. The third kappa shape index (κ3) is 2.02. The molecular weight excluding hydrogens is 202 g/mol. The predicted octanol–water partition coefficient (Wildman–Crippen LogP) is 1.77. The molecule has 5 heteroatoms. The molecule has 0 spiro atoms. The van der Waals surface area contributed by atoms with Gasteiger partial charge in [-0.3, -0.25) is 5.10 Å². The lowest BCUT2D eigenvalue weighted by Gasteiger charge is -2.08. The number of nitrogens with one attached hydrogen (secondary N) is 1. The topological polar surface area (TPSA) is 48.9 Å². The maximum absolute atomic E-state index is 12.9. The van der Waals surface area contributed by atoms with Crippen LogP contribution in [0.4, 0.5) is 8.78 Å². The lowest BCUT2D eigenvalue weighted by molar-refractivity contribution is 0.219. The van der Waals surface area contributed by atoms with E-state index in [1.165, 1.54) is 12.4 Å². The number of halogens is 2. The van der Waals surface area contributed by atoms with Crippen molar-refractivity contribution in [2.75, 3.05) is 0 Å². The zero-order valence-corrected chi connectivity index (χ0v) is 7.61. The number of H-pyrrole nitrogens is 1. The van der Waals surface area contributed by atoms with Crippen LogP contribution < -0.4 is 0 Å². The highest BCUT2D eigenvalue weighted by Gasteiger charge is 2.13. The van der Waals surface area contributed by atoms with E-state index < -0.39 is 17.7 Å². The summed E-state index contributed by atoms with van der Waals surface area (Å²) in [5.41, 5.74) is 0.619. The summed E-state index contributed by atoms with van der Waals surface area (Å²) in [5.74, 6) is -1.43. The van der Waals surface area contributed by atoms with E-state index in [-0.39, 0.29) is 5.56 Å². The SMILES string of the molecule is OC(c1cn[nH]c1)c1cc(F)cc(F)c1. The quantitative estimate of drug-likeness (QED) is 0.793. The molecule has 78 valence electrons. The van der Waals surface area contributed by atoms with Gasteiger partial charge in [-0.15, -0.1) is 0 Å². The van der Waals surface area contributed by atoms with E-state index in [0.717, 1.165) is 18.2 Å². The average Bonchev–Trinajstić information content (AvgIpc) is 2.67. The van der Waals surface area contributed by atoms with Crippen molar-refractivity contribution < 1.29 is 13.9 Å². The van der Waals surface area contributed by atoms with E-state index in [2.05, 4.69) is 10.2 Å². The minimum absolute atomic E-state index is 0.161. The number of aromatic nitrogens is 2. The van der Waals surface area contributed by atoms with E-state index in [1.54, 1.807) is 0 Å². The van der Waals surface area contributed by atoms with Gasteiger partial charge in [-0.1, -0.05) is 0 Å². The Kier molecular flexibility index (Phi) is 2.47. The van der Waals surface area contributed by atoms with Crippen LogP contribution in [0.15, 0.2) is 30.6 Å². The smallest absolute Gasteiger partial charge is 0.126 e. The van der Waals surface area contributed by atoms with Crippen molar-refractivity contribution in [3.8, 4) is 0 Å². The molecule has 0 fully saturated rings. The van der Waals surface area contributed by atoms with Crippen LogP contribution in [0.5, 0.6) is 0 Å². The predicted molar refractivity (Wildman–Crippen MR) is 49.0 cm³/mol. The molecule has 0 saturated carbocycles. The van der Waals surface area contributed by atoms with E-state index in [4.69, 9.17) is 0 Å². The van der Waals surface area contributed by atoms with Gasteiger partial charge in [0.2, 0.25) is 0 Å². The maximum Gasteiger partial charge on any atom is 0.126 e. The second-order valence-corrected chi connectivity index (χ2v) is 3.14. The van der Waals surface area contributed by atoms with Gasteiger partial charge >= 0.3 is 0 Å². The summed E-state index contributed by atoms with van der Waals surface area (Å²) >= 11 is 0. The number of benzene rings is 1. The zero-order valence-electron chi connectivity index (χ0n) is 7.61. The van der Waals surface area contributed by atoms with Crippen molar-refractivity contribution >= 4 is 0 Å². The van der Waals surface area contributed by atoms with Crippen molar-refractivity contribution in [1.82, 2.24) is 10.2 Å². The van der Waals surface area contributed by atoms with E-state index >= 15 is 0 Å². The second-order valence-electron chi connectivity index (χ2n) is 3.14. The third-order valence-electron chi connectivity index (χ3n) is 2.04. The van der Waals surface area contributed by atoms with Crippen LogP contribution in [0.2, 0.25) is 0 Å². The molecular formula is C10H8F2N2O. The monoisotopic (exact) mass is 210 g/mol. The molecule has 1 aromatic heterocycles. The number of nitrogens with zero attached hydrogens (tertiary/aromatic N) is 1. The summed E-state index contributed by atoms with van der Waals surface area (Å²) in [6.07, 6.45) is 1.79. The molecule has 3 nitrogen and oxygen atoms in total. The van der Waals surface area contributed by atoms with Gasteiger partial charge in [0.05, 0.1) is 6.20 Å². The van der Waals surface area contributed by atoms with Gasteiger partial charge in [-0.05, 0) is 17.7 Å². The van der Waals surface area contributed by atoms with Gasteiger partial charge < -0.3 is 5.11 Å². The van der Waals surface area contributed by atoms with Crippen LogP contribution in [0, 0.1) is 11.6 Å². The third-order valence-corrected chi connectivity index (χ3v) is 2.04. The van der Waals surface area contributed by atoms with Crippen molar-refractivity contribution in [2.24, 2.45) is 0 Å². The second kappa shape index (κ2) is 3.78. The van der Waals surface area contributed by atoms with E-state index in [9.17, 15) is 13.9 Å². The summed E-state index contributed by atoms with van der Waals surface area (Å²) in [6.45, 7) is 0. The first-order chi connectivity index (χ1) is 7.16. The lowest BCUT2D eigenvalue weighted by Crippen LogP contribution is -1.99. The lowest BCUT2D eigenvalue weighted by atomic mass is 10.0. The van der Waals surface area contributed by atoms with Crippen molar-refractivity contribution in [2.45, 2.75) is 6.10 Å². The van der Waals surface area contributed by atoms with Crippen LogP contribution in [0.25, 0.3) is 0 Å². The van der Waals surface area contributed by atoms with Crippen LogP contribution in [-0.4, -0.2) is 15.3 Å². The fourth-order valence-corrected chi connectivity index (χ4v) is 1.34. The molecule has 1 aromatic carbocycles. The summed E-state index contributed by atoms with van der Waals surface area (Å²) in [7, 11) is 0. The molecule has 0 aliphatic carbocycles. The minimum Gasteiger partial charge on any atom is -0.384 e. The minimum atomic E-state index is -1.08. The Hall–Kier alpha value is -1.75. The Morgan fingerprint density at radius 1 is 1.13 bits per heavy atom. The molecule has 1 heterocycles. The molecule has 0 aliphatic heterocycles. The van der Waals surface area contributed by atoms with Gasteiger partial charge in [0.25, 0.3) is 0 Å². The van der Waals surface area contributed by atoms with Gasteiger partial charge in [0.15, 0.2) is 0 Å². The molecule has 2 rings (SSSR count). The average molecular weight is 210 g/mol. The Labute approximate surface area is 84.4 Å². The Bertz CT molecular complexity index is 436. The number of hydrogen-bond donors (Lipinski definition) is 2. The first-order valence-corrected chi connectivity index (χ1v) is 4.29. The molecule has 1 unspecified atom stereocenters. The maximum atomic E-state index is 12.9. The highest BCUT2D eigenvalue weighted by atomic mass is 19.1. The van der Waals surface area contributed by atoms with E-state index in [0.29, 0.717) is 5.56 Å².